The van der Waals surface area contributed by atoms with Gasteiger partial charge in [-0.05, 0) is 18.9 Å². The van der Waals surface area contributed by atoms with Crippen molar-refractivity contribution in [1.29, 1.82) is 0 Å². The number of fused-ring (bicyclic) bond motifs is 1. The van der Waals surface area contributed by atoms with Crippen molar-refractivity contribution in [3.63, 3.8) is 0 Å². The van der Waals surface area contributed by atoms with Crippen LogP contribution in [-0.2, 0) is 4.74 Å². The van der Waals surface area contributed by atoms with Crippen LogP contribution >= 0.6 is 11.6 Å². The number of hydrogen-bond donors (Lipinski definition) is 0. The summed E-state index contributed by atoms with van der Waals surface area (Å²) in [5.41, 5.74) is 0.819. The Morgan fingerprint density at radius 2 is 2.35 bits per heavy atom. The predicted octanol–water partition coefficient (Wildman–Crippen LogP) is 2.95. The van der Waals surface area contributed by atoms with E-state index < -0.39 is 0 Å². The highest BCUT2D eigenvalue weighted by molar-refractivity contribution is 6.33. The Morgan fingerprint density at radius 3 is 3.12 bits per heavy atom. The maximum atomic E-state index is 6.01. The Balaban J connectivity index is 2.01. The zero-order chi connectivity index (χ0) is 11.8. The molecule has 3 rings (SSSR count). The minimum absolute atomic E-state index is 0.0152. The summed E-state index contributed by atoms with van der Waals surface area (Å²) < 4.78 is 7.85. The molecule has 0 unspecified atom stereocenters. The number of rotatable bonds is 2. The van der Waals surface area contributed by atoms with Gasteiger partial charge in [0.15, 0.2) is 0 Å². The molecule has 17 heavy (non-hydrogen) atoms. The van der Waals surface area contributed by atoms with Crippen molar-refractivity contribution in [3.8, 4) is 0 Å². The number of nitrogens with zero attached hydrogens (tertiary/aromatic N) is 3. The molecule has 0 spiro atoms. The van der Waals surface area contributed by atoms with Gasteiger partial charge in [-0.2, -0.15) is 0 Å². The van der Waals surface area contributed by atoms with Gasteiger partial charge in [-0.3, -0.25) is 0 Å². The van der Waals surface area contributed by atoms with Gasteiger partial charge < -0.3 is 9.30 Å². The molecule has 1 aliphatic rings. The van der Waals surface area contributed by atoms with Gasteiger partial charge in [-0.15, -0.1) is 6.58 Å². The first-order valence-electron chi connectivity index (χ1n) is 5.54. The molecule has 2 aromatic rings. The molecule has 1 aliphatic heterocycles. The second-order valence-electron chi connectivity index (χ2n) is 4.07. The van der Waals surface area contributed by atoms with Gasteiger partial charge in [-0.25, -0.2) is 9.97 Å². The van der Waals surface area contributed by atoms with Crippen molar-refractivity contribution >= 4 is 22.6 Å². The number of aromatic nitrogens is 3. The molecular weight excluding hydrogens is 238 g/mol. The summed E-state index contributed by atoms with van der Waals surface area (Å²) in [6.07, 6.45) is 7.36. The highest BCUT2D eigenvalue weighted by atomic mass is 35.5. The lowest BCUT2D eigenvalue weighted by Crippen LogP contribution is -2.09. The molecule has 0 bridgehead atoms. The van der Waals surface area contributed by atoms with E-state index in [9.17, 15) is 0 Å². The molecule has 3 heterocycles. The third-order valence-electron chi connectivity index (χ3n) is 3.06. The van der Waals surface area contributed by atoms with Gasteiger partial charge in [0.2, 0.25) is 0 Å². The van der Waals surface area contributed by atoms with Gasteiger partial charge in [0.25, 0.3) is 0 Å². The highest BCUT2D eigenvalue weighted by Crippen LogP contribution is 2.32. The molecule has 2 atom stereocenters. The average molecular weight is 250 g/mol. The van der Waals surface area contributed by atoms with Crippen molar-refractivity contribution in [1.82, 2.24) is 14.5 Å². The van der Waals surface area contributed by atoms with E-state index >= 15 is 0 Å². The van der Waals surface area contributed by atoms with Crippen molar-refractivity contribution in [2.45, 2.75) is 25.2 Å². The Labute approximate surface area is 104 Å². The van der Waals surface area contributed by atoms with Crippen LogP contribution in [0.1, 0.15) is 19.1 Å². The zero-order valence-electron chi connectivity index (χ0n) is 9.21. The molecule has 2 aromatic heterocycles. The van der Waals surface area contributed by atoms with E-state index in [-0.39, 0.29) is 12.3 Å². The number of halogens is 1. The van der Waals surface area contributed by atoms with Gasteiger partial charge >= 0.3 is 0 Å². The van der Waals surface area contributed by atoms with Crippen LogP contribution in [0.3, 0.4) is 0 Å². The largest absolute Gasteiger partial charge is 0.351 e. The Morgan fingerprint density at radius 1 is 1.47 bits per heavy atom. The van der Waals surface area contributed by atoms with E-state index in [1.807, 2.05) is 22.9 Å². The highest BCUT2D eigenvalue weighted by Gasteiger charge is 2.25. The first-order valence-corrected chi connectivity index (χ1v) is 5.92. The van der Waals surface area contributed by atoms with Crippen molar-refractivity contribution in [3.05, 3.63) is 36.4 Å². The summed E-state index contributed by atoms with van der Waals surface area (Å²) in [5, 5.41) is 1.34. The molecule has 5 heteroatoms. The molecule has 0 amide bonds. The first kappa shape index (κ1) is 10.7. The smallest absolute Gasteiger partial charge is 0.146 e. The maximum Gasteiger partial charge on any atom is 0.146 e. The molecule has 0 saturated carbocycles. The van der Waals surface area contributed by atoms with E-state index in [0.29, 0.717) is 5.15 Å². The van der Waals surface area contributed by atoms with Crippen LogP contribution in [0, 0.1) is 0 Å². The van der Waals surface area contributed by atoms with Gasteiger partial charge in [0.1, 0.15) is 23.4 Å². The van der Waals surface area contributed by atoms with Crippen LogP contribution in [0.4, 0.5) is 0 Å². The van der Waals surface area contributed by atoms with E-state index in [4.69, 9.17) is 16.3 Å². The summed E-state index contributed by atoms with van der Waals surface area (Å²) in [6, 6.07) is 1.92. The first-order chi connectivity index (χ1) is 8.29. The second kappa shape index (κ2) is 4.13. The van der Waals surface area contributed by atoms with E-state index in [1.165, 1.54) is 6.33 Å². The zero-order valence-corrected chi connectivity index (χ0v) is 9.97. The van der Waals surface area contributed by atoms with E-state index in [1.54, 1.807) is 0 Å². The normalized spacial score (nSPS) is 24.3. The summed E-state index contributed by atoms with van der Waals surface area (Å²) in [6.45, 7) is 3.75. The number of hydrogen-bond acceptors (Lipinski definition) is 3. The molecule has 4 nitrogen and oxygen atoms in total. The molecule has 88 valence electrons. The topological polar surface area (TPSA) is 39.9 Å². The lowest BCUT2D eigenvalue weighted by atomic mass is 10.2. The monoisotopic (exact) mass is 249 g/mol. The van der Waals surface area contributed by atoms with Crippen LogP contribution in [0.2, 0.25) is 5.15 Å². The standard InChI is InChI=1S/C12H12ClN3O/c1-2-8-3-4-10(17-8)16-6-5-9-11(13)14-7-15-12(9)16/h2,5-8,10H,1,3-4H2/t8-,10-/m1/s1. The second-order valence-corrected chi connectivity index (χ2v) is 4.43. The SMILES string of the molecule is C=C[C@@H]1CC[C@H](n2ccc3c(Cl)ncnc32)O1. The van der Waals surface area contributed by atoms with Gasteiger partial charge in [-0.1, -0.05) is 17.7 Å². The predicted molar refractivity (Wildman–Crippen MR) is 65.9 cm³/mol. The fourth-order valence-corrected chi connectivity index (χ4v) is 2.39. The molecule has 0 radical (unpaired) electrons. The summed E-state index contributed by atoms with van der Waals surface area (Å²) in [7, 11) is 0. The molecule has 0 aliphatic carbocycles. The summed E-state index contributed by atoms with van der Waals surface area (Å²) in [5.74, 6) is 0. The Hall–Kier alpha value is -1.39. The number of ether oxygens (including phenoxy) is 1. The molecule has 1 saturated heterocycles. The van der Waals surface area contributed by atoms with Crippen molar-refractivity contribution < 1.29 is 4.74 Å². The summed E-state index contributed by atoms with van der Waals surface area (Å²) in [4.78, 5) is 8.22. The summed E-state index contributed by atoms with van der Waals surface area (Å²) >= 11 is 6.01. The van der Waals surface area contributed by atoms with Crippen LogP contribution in [0.15, 0.2) is 31.2 Å². The Bertz CT molecular complexity index is 566. The third kappa shape index (κ3) is 1.73. The molecule has 0 N–H and O–H groups in total. The molecular formula is C12H12ClN3O. The quantitative estimate of drug-likeness (QED) is 0.607. The average Bonchev–Trinajstić information content (AvgIpc) is 2.94. The van der Waals surface area contributed by atoms with Crippen LogP contribution in [0.25, 0.3) is 11.0 Å². The lowest BCUT2D eigenvalue weighted by molar-refractivity contribution is 0.0264. The van der Waals surface area contributed by atoms with Gasteiger partial charge in [0.05, 0.1) is 11.5 Å². The Kier molecular flexibility index (Phi) is 2.61. The maximum absolute atomic E-state index is 6.01. The van der Waals surface area contributed by atoms with E-state index in [0.717, 1.165) is 23.9 Å². The van der Waals surface area contributed by atoms with Crippen molar-refractivity contribution in [2.75, 3.05) is 0 Å². The fraction of sp³-hybridized carbons (Fsp3) is 0.333. The van der Waals surface area contributed by atoms with Crippen LogP contribution < -0.4 is 0 Å². The molecule has 1 fully saturated rings. The van der Waals surface area contributed by atoms with Crippen LogP contribution in [-0.4, -0.2) is 20.6 Å². The minimum atomic E-state index is 0.0152. The van der Waals surface area contributed by atoms with Crippen LogP contribution in [0.5, 0.6) is 0 Å². The lowest BCUT2D eigenvalue weighted by Gasteiger charge is -2.13. The van der Waals surface area contributed by atoms with E-state index in [2.05, 4.69) is 16.5 Å². The van der Waals surface area contributed by atoms with Crippen molar-refractivity contribution in [2.24, 2.45) is 0 Å². The fourth-order valence-electron chi connectivity index (χ4n) is 2.20. The van der Waals surface area contributed by atoms with Gasteiger partial charge in [0, 0.05) is 6.20 Å². The molecule has 0 aromatic carbocycles. The minimum Gasteiger partial charge on any atom is -0.351 e. The third-order valence-corrected chi connectivity index (χ3v) is 3.36.